The fourth-order valence-electron chi connectivity index (χ4n) is 4.22. The minimum atomic E-state index is 0. The maximum absolute atomic E-state index is 5.98. The van der Waals surface area contributed by atoms with Crippen molar-refractivity contribution in [1.29, 1.82) is 0 Å². The number of nitrogens with zero attached hydrogens (tertiary/aromatic N) is 2. The number of thiophene rings is 1. The Morgan fingerprint density at radius 2 is 2.22 bits per heavy atom. The molecule has 1 aromatic rings. The van der Waals surface area contributed by atoms with Crippen LogP contribution >= 0.6 is 35.3 Å². The van der Waals surface area contributed by atoms with Gasteiger partial charge in [0, 0.05) is 24.5 Å². The van der Waals surface area contributed by atoms with Gasteiger partial charge in [-0.2, -0.15) is 0 Å². The summed E-state index contributed by atoms with van der Waals surface area (Å²) in [6.07, 6.45) is 4.30. The van der Waals surface area contributed by atoms with Gasteiger partial charge in [-0.25, -0.2) is 0 Å². The first-order valence-electron chi connectivity index (χ1n) is 9.89. The lowest BCUT2D eigenvalue weighted by Crippen LogP contribution is -2.48. The highest BCUT2D eigenvalue weighted by molar-refractivity contribution is 14.0. The van der Waals surface area contributed by atoms with Gasteiger partial charge in [0.05, 0.1) is 44.1 Å². The third kappa shape index (κ3) is 5.35. The largest absolute Gasteiger partial charge is 0.379 e. The van der Waals surface area contributed by atoms with Gasteiger partial charge < -0.3 is 20.1 Å². The van der Waals surface area contributed by atoms with Crippen molar-refractivity contribution >= 4 is 41.3 Å². The highest BCUT2D eigenvalue weighted by Crippen LogP contribution is 2.34. The van der Waals surface area contributed by atoms with Crippen molar-refractivity contribution in [2.24, 2.45) is 4.99 Å². The van der Waals surface area contributed by atoms with Crippen LogP contribution in [0.15, 0.2) is 22.5 Å². The third-order valence-corrected chi connectivity index (χ3v) is 6.53. The van der Waals surface area contributed by atoms with Crippen LogP contribution < -0.4 is 10.6 Å². The van der Waals surface area contributed by atoms with Crippen molar-refractivity contribution < 1.29 is 9.47 Å². The van der Waals surface area contributed by atoms with E-state index in [2.05, 4.69) is 40.0 Å². The Labute approximate surface area is 183 Å². The van der Waals surface area contributed by atoms with Crippen molar-refractivity contribution in [3.63, 3.8) is 0 Å². The summed E-state index contributed by atoms with van der Waals surface area (Å²) in [5.74, 6) is 0.920. The minimum Gasteiger partial charge on any atom is -0.379 e. The van der Waals surface area contributed by atoms with Crippen LogP contribution in [0.1, 0.15) is 37.1 Å². The molecule has 4 atom stereocenters. The number of hydrogen-bond acceptors (Lipinski definition) is 5. The number of nitrogens with one attached hydrogen (secondary N) is 2. The Morgan fingerprint density at radius 1 is 1.37 bits per heavy atom. The minimum absolute atomic E-state index is 0. The van der Waals surface area contributed by atoms with E-state index in [1.165, 1.54) is 17.7 Å². The van der Waals surface area contributed by atoms with Crippen LogP contribution in [0.2, 0.25) is 0 Å². The number of fused-ring (bicyclic) bond motifs is 2. The molecule has 0 aliphatic carbocycles. The molecule has 2 N–H and O–H groups in total. The second kappa shape index (κ2) is 10.4. The third-order valence-electron chi connectivity index (χ3n) is 5.55. The predicted octanol–water partition coefficient (Wildman–Crippen LogP) is 2.61. The summed E-state index contributed by atoms with van der Waals surface area (Å²) in [4.78, 5) is 8.84. The second-order valence-electron chi connectivity index (χ2n) is 7.26. The van der Waals surface area contributed by atoms with Gasteiger partial charge in [0.25, 0.3) is 0 Å². The van der Waals surface area contributed by atoms with Crippen LogP contribution in [-0.2, 0) is 9.47 Å². The van der Waals surface area contributed by atoms with Crippen LogP contribution in [0.5, 0.6) is 0 Å². The quantitative estimate of drug-likeness (QED) is 0.353. The molecule has 3 fully saturated rings. The first-order chi connectivity index (χ1) is 12.8. The maximum atomic E-state index is 5.98. The maximum Gasteiger partial charge on any atom is 0.191 e. The Balaban J connectivity index is 0.00000210. The SMILES string of the molecule is CCNC(=NCC(c1cccs1)N1CCOCC1)NC1CC2CCC1O2.I. The van der Waals surface area contributed by atoms with E-state index in [0.29, 0.717) is 24.3 Å². The molecule has 0 spiro atoms. The highest BCUT2D eigenvalue weighted by Gasteiger charge is 2.41. The molecule has 3 saturated heterocycles. The number of rotatable bonds is 6. The molecule has 8 heteroatoms. The van der Waals surface area contributed by atoms with Gasteiger partial charge in [-0.15, -0.1) is 35.3 Å². The first-order valence-corrected chi connectivity index (χ1v) is 10.8. The summed E-state index contributed by atoms with van der Waals surface area (Å²) in [5.41, 5.74) is 0. The summed E-state index contributed by atoms with van der Waals surface area (Å²) in [6, 6.07) is 5.08. The molecule has 4 heterocycles. The van der Waals surface area contributed by atoms with Crippen molar-refractivity contribution in [1.82, 2.24) is 15.5 Å². The smallest absolute Gasteiger partial charge is 0.191 e. The Morgan fingerprint density at radius 3 is 2.85 bits per heavy atom. The number of ether oxygens (including phenoxy) is 2. The van der Waals surface area contributed by atoms with Gasteiger partial charge >= 0.3 is 0 Å². The van der Waals surface area contributed by atoms with Crippen molar-refractivity contribution in [3.05, 3.63) is 22.4 Å². The van der Waals surface area contributed by atoms with Gasteiger partial charge in [0.2, 0.25) is 0 Å². The standard InChI is InChI=1S/C19H30N4O2S.HI/c1-2-20-19(22-15-12-14-5-6-17(15)25-14)21-13-16(18-4-3-11-26-18)23-7-9-24-10-8-23;/h3-4,11,14-17H,2,5-10,12-13H2,1H3,(H2,20,21,22);1H. The number of morpholine rings is 1. The molecule has 4 rings (SSSR count). The van der Waals surface area contributed by atoms with Crippen LogP contribution in [0.4, 0.5) is 0 Å². The molecule has 0 radical (unpaired) electrons. The lowest BCUT2D eigenvalue weighted by molar-refractivity contribution is 0.0186. The Kier molecular flexibility index (Phi) is 8.19. The zero-order valence-electron chi connectivity index (χ0n) is 15.9. The number of hydrogen-bond donors (Lipinski definition) is 2. The summed E-state index contributed by atoms with van der Waals surface area (Å²) >= 11 is 1.82. The lowest BCUT2D eigenvalue weighted by atomic mass is 9.96. The molecule has 0 amide bonds. The molecule has 6 nitrogen and oxygen atoms in total. The van der Waals surface area contributed by atoms with Crippen LogP contribution in [0.3, 0.4) is 0 Å². The normalized spacial score (nSPS) is 29.4. The summed E-state index contributed by atoms with van der Waals surface area (Å²) in [5, 5.41) is 9.20. The van der Waals surface area contributed by atoms with Crippen LogP contribution in [0, 0.1) is 0 Å². The predicted molar refractivity (Wildman–Crippen MR) is 120 cm³/mol. The summed E-state index contributed by atoms with van der Waals surface area (Å²) in [6.45, 7) is 7.32. The Hall–Kier alpha value is -0.420. The average Bonchev–Trinajstić information content (AvgIpc) is 3.41. The van der Waals surface area contributed by atoms with Crippen molar-refractivity contribution in [2.45, 2.75) is 50.5 Å². The van der Waals surface area contributed by atoms with Crippen molar-refractivity contribution in [3.8, 4) is 0 Å². The van der Waals surface area contributed by atoms with E-state index in [1.807, 2.05) is 11.3 Å². The molecular formula is C19H31IN4O2S. The number of guanidine groups is 1. The van der Waals surface area contributed by atoms with E-state index < -0.39 is 0 Å². The topological polar surface area (TPSA) is 58.1 Å². The molecule has 152 valence electrons. The van der Waals surface area contributed by atoms with E-state index in [1.54, 1.807) is 0 Å². The first kappa shape index (κ1) is 21.3. The molecule has 2 bridgehead atoms. The number of aliphatic imine (C=N–C) groups is 1. The zero-order chi connectivity index (χ0) is 17.8. The van der Waals surface area contributed by atoms with E-state index in [-0.39, 0.29) is 24.0 Å². The van der Waals surface area contributed by atoms with Crippen LogP contribution in [-0.4, -0.2) is 68.5 Å². The molecule has 0 saturated carbocycles. The summed E-state index contributed by atoms with van der Waals surface area (Å²) < 4.78 is 11.5. The number of halogens is 1. The monoisotopic (exact) mass is 506 g/mol. The average molecular weight is 506 g/mol. The molecular weight excluding hydrogens is 475 g/mol. The van der Waals surface area contributed by atoms with Gasteiger partial charge in [-0.05, 0) is 37.6 Å². The fraction of sp³-hybridized carbons (Fsp3) is 0.737. The van der Waals surface area contributed by atoms with E-state index in [4.69, 9.17) is 14.5 Å². The highest BCUT2D eigenvalue weighted by atomic mass is 127. The Bertz CT molecular complexity index is 595. The van der Waals surface area contributed by atoms with Crippen LogP contribution in [0.25, 0.3) is 0 Å². The lowest BCUT2D eigenvalue weighted by Gasteiger charge is -2.33. The molecule has 1 aromatic heterocycles. The van der Waals surface area contributed by atoms with Gasteiger partial charge in [-0.3, -0.25) is 9.89 Å². The zero-order valence-corrected chi connectivity index (χ0v) is 19.1. The van der Waals surface area contributed by atoms with E-state index in [0.717, 1.165) is 51.8 Å². The molecule has 3 aliphatic heterocycles. The molecule has 27 heavy (non-hydrogen) atoms. The van der Waals surface area contributed by atoms with E-state index in [9.17, 15) is 0 Å². The molecule has 0 aromatic carbocycles. The fourth-order valence-corrected chi connectivity index (χ4v) is 5.07. The molecule has 4 unspecified atom stereocenters. The van der Waals surface area contributed by atoms with Crippen molar-refractivity contribution in [2.75, 3.05) is 39.4 Å². The molecule has 3 aliphatic rings. The van der Waals surface area contributed by atoms with Gasteiger partial charge in [-0.1, -0.05) is 6.07 Å². The van der Waals surface area contributed by atoms with Gasteiger partial charge in [0.1, 0.15) is 0 Å². The van der Waals surface area contributed by atoms with Gasteiger partial charge in [0.15, 0.2) is 5.96 Å². The second-order valence-corrected chi connectivity index (χ2v) is 8.24. The van der Waals surface area contributed by atoms with E-state index >= 15 is 0 Å². The summed E-state index contributed by atoms with van der Waals surface area (Å²) in [7, 11) is 0.